The van der Waals surface area contributed by atoms with Crippen LogP contribution in [-0.2, 0) is 0 Å². The van der Waals surface area contributed by atoms with E-state index in [4.69, 9.17) is 0 Å². The third-order valence-corrected chi connectivity index (χ3v) is 2.90. The topological polar surface area (TPSA) is 12.0 Å². The Morgan fingerprint density at radius 1 is 1.36 bits per heavy atom. The average molecular weight is 175 g/mol. The Balaban J connectivity index is 2.97. The largest absolute Gasteiger partial charge is 0.319 e. The number of thioether (sulfide) groups is 1. The standard InChI is InChI=1S/C9H21NS/c1-4-5-6-7-11-9(2)8-10-3/h9-10H,4-8H2,1-3H3. The highest BCUT2D eigenvalue weighted by Crippen LogP contribution is 2.12. The van der Waals surface area contributed by atoms with Gasteiger partial charge in [-0.2, -0.15) is 11.8 Å². The predicted octanol–water partition coefficient (Wildman–Crippen LogP) is 2.52. The van der Waals surface area contributed by atoms with Gasteiger partial charge in [0.1, 0.15) is 0 Å². The van der Waals surface area contributed by atoms with Crippen LogP contribution in [0.5, 0.6) is 0 Å². The van der Waals surface area contributed by atoms with Crippen molar-refractivity contribution in [2.24, 2.45) is 0 Å². The van der Waals surface area contributed by atoms with Gasteiger partial charge in [0.2, 0.25) is 0 Å². The van der Waals surface area contributed by atoms with Crippen molar-refractivity contribution in [3.05, 3.63) is 0 Å². The summed E-state index contributed by atoms with van der Waals surface area (Å²) in [6.45, 7) is 5.67. The van der Waals surface area contributed by atoms with Gasteiger partial charge in [0.05, 0.1) is 0 Å². The summed E-state index contributed by atoms with van der Waals surface area (Å²) in [5.41, 5.74) is 0. The number of unbranched alkanes of at least 4 members (excludes halogenated alkanes) is 2. The Hall–Kier alpha value is 0.310. The molecule has 0 amide bonds. The third-order valence-electron chi connectivity index (χ3n) is 1.64. The zero-order chi connectivity index (χ0) is 8.53. The Kier molecular flexibility index (Phi) is 8.64. The molecule has 0 aliphatic carbocycles. The van der Waals surface area contributed by atoms with Gasteiger partial charge in [-0.3, -0.25) is 0 Å². The van der Waals surface area contributed by atoms with Gasteiger partial charge in [0.15, 0.2) is 0 Å². The molecule has 0 heterocycles. The molecule has 68 valence electrons. The molecule has 0 rings (SSSR count). The van der Waals surface area contributed by atoms with Gasteiger partial charge in [0.25, 0.3) is 0 Å². The predicted molar refractivity (Wildman–Crippen MR) is 55.4 cm³/mol. The minimum Gasteiger partial charge on any atom is -0.319 e. The summed E-state index contributed by atoms with van der Waals surface area (Å²) in [4.78, 5) is 0. The normalized spacial score (nSPS) is 13.4. The maximum absolute atomic E-state index is 3.19. The lowest BCUT2D eigenvalue weighted by Crippen LogP contribution is -2.18. The molecule has 2 heteroatoms. The highest BCUT2D eigenvalue weighted by Gasteiger charge is 1.98. The number of hydrogen-bond donors (Lipinski definition) is 1. The second kappa shape index (κ2) is 8.41. The minimum atomic E-state index is 0.775. The smallest absolute Gasteiger partial charge is 0.0144 e. The maximum atomic E-state index is 3.19. The molecular weight excluding hydrogens is 154 g/mol. The van der Waals surface area contributed by atoms with E-state index >= 15 is 0 Å². The Labute approximate surface area is 75.3 Å². The monoisotopic (exact) mass is 175 g/mol. The van der Waals surface area contributed by atoms with Crippen molar-refractivity contribution < 1.29 is 0 Å². The molecule has 0 aliphatic heterocycles. The lowest BCUT2D eigenvalue weighted by molar-refractivity contribution is 0.765. The van der Waals surface area contributed by atoms with E-state index in [2.05, 4.69) is 30.9 Å². The van der Waals surface area contributed by atoms with E-state index in [-0.39, 0.29) is 0 Å². The average Bonchev–Trinajstić information content (AvgIpc) is 1.99. The van der Waals surface area contributed by atoms with Crippen molar-refractivity contribution in [2.45, 2.75) is 38.4 Å². The Morgan fingerprint density at radius 3 is 2.64 bits per heavy atom. The van der Waals surface area contributed by atoms with Crippen molar-refractivity contribution in [1.82, 2.24) is 5.32 Å². The van der Waals surface area contributed by atoms with Gasteiger partial charge in [-0.05, 0) is 19.2 Å². The first kappa shape index (κ1) is 11.3. The van der Waals surface area contributed by atoms with Crippen LogP contribution in [0.15, 0.2) is 0 Å². The summed E-state index contributed by atoms with van der Waals surface area (Å²) in [5.74, 6) is 1.33. The third kappa shape index (κ3) is 8.21. The summed E-state index contributed by atoms with van der Waals surface area (Å²) >= 11 is 2.08. The molecule has 0 bridgehead atoms. The first-order chi connectivity index (χ1) is 5.31. The van der Waals surface area contributed by atoms with Crippen LogP contribution < -0.4 is 5.32 Å². The van der Waals surface area contributed by atoms with Crippen molar-refractivity contribution in [1.29, 1.82) is 0 Å². The van der Waals surface area contributed by atoms with E-state index < -0.39 is 0 Å². The van der Waals surface area contributed by atoms with Crippen LogP contribution in [-0.4, -0.2) is 24.6 Å². The summed E-state index contributed by atoms with van der Waals surface area (Å²) in [6, 6.07) is 0. The van der Waals surface area contributed by atoms with Crippen molar-refractivity contribution in [2.75, 3.05) is 19.3 Å². The molecule has 0 radical (unpaired) electrons. The van der Waals surface area contributed by atoms with E-state index in [1.807, 2.05) is 7.05 Å². The molecule has 0 spiro atoms. The molecule has 0 aromatic heterocycles. The van der Waals surface area contributed by atoms with Crippen LogP contribution in [0.25, 0.3) is 0 Å². The van der Waals surface area contributed by atoms with E-state index in [1.54, 1.807) is 0 Å². The number of rotatable bonds is 7. The number of nitrogens with one attached hydrogen (secondary N) is 1. The minimum absolute atomic E-state index is 0.775. The van der Waals surface area contributed by atoms with Gasteiger partial charge < -0.3 is 5.32 Å². The molecule has 1 nitrogen and oxygen atoms in total. The van der Waals surface area contributed by atoms with Crippen LogP contribution in [0, 0.1) is 0 Å². The molecule has 11 heavy (non-hydrogen) atoms. The molecule has 0 aliphatic rings. The van der Waals surface area contributed by atoms with Gasteiger partial charge in [-0.25, -0.2) is 0 Å². The lowest BCUT2D eigenvalue weighted by Gasteiger charge is -2.09. The first-order valence-electron chi connectivity index (χ1n) is 4.57. The van der Waals surface area contributed by atoms with Gasteiger partial charge >= 0.3 is 0 Å². The zero-order valence-electron chi connectivity index (χ0n) is 8.02. The van der Waals surface area contributed by atoms with Crippen molar-refractivity contribution in [3.63, 3.8) is 0 Å². The fourth-order valence-corrected chi connectivity index (χ4v) is 2.04. The lowest BCUT2D eigenvalue weighted by atomic mass is 10.3. The van der Waals surface area contributed by atoms with Gasteiger partial charge in [-0.1, -0.05) is 26.7 Å². The summed E-state index contributed by atoms with van der Waals surface area (Å²) in [6.07, 6.45) is 4.11. The Morgan fingerprint density at radius 2 is 2.09 bits per heavy atom. The second-order valence-corrected chi connectivity index (χ2v) is 4.49. The molecule has 1 N–H and O–H groups in total. The molecule has 0 fully saturated rings. The molecule has 1 atom stereocenters. The zero-order valence-corrected chi connectivity index (χ0v) is 8.84. The van der Waals surface area contributed by atoms with Crippen LogP contribution in [0.2, 0.25) is 0 Å². The number of hydrogen-bond acceptors (Lipinski definition) is 2. The van der Waals surface area contributed by atoms with Gasteiger partial charge in [0, 0.05) is 11.8 Å². The molecule has 0 saturated heterocycles. The molecule has 0 saturated carbocycles. The highest BCUT2D eigenvalue weighted by molar-refractivity contribution is 7.99. The Bertz CT molecular complexity index is 76.0. The highest BCUT2D eigenvalue weighted by atomic mass is 32.2. The molecular formula is C9H21NS. The molecule has 0 aromatic rings. The van der Waals surface area contributed by atoms with E-state index in [1.165, 1.54) is 25.0 Å². The van der Waals surface area contributed by atoms with Crippen molar-refractivity contribution >= 4 is 11.8 Å². The second-order valence-electron chi connectivity index (χ2n) is 2.95. The summed E-state index contributed by atoms with van der Waals surface area (Å²) in [7, 11) is 2.02. The van der Waals surface area contributed by atoms with E-state index in [9.17, 15) is 0 Å². The van der Waals surface area contributed by atoms with Crippen LogP contribution >= 0.6 is 11.8 Å². The van der Waals surface area contributed by atoms with Crippen LogP contribution in [0.4, 0.5) is 0 Å². The van der Waals surface area contributed by atoms with Crippen LogP contribution in [0.1, 0.15) is 33.1 Å². The van der Waals surface area contributed by atoms with E-state index in [0.29, 0.717) is 0 Å². The molecule has 0 aromatic carbocycles. The van der Waals surface area contributed by atoms with Gasteiger partial charge in [-0.15, -0.1) is 0 Å². The fourth-order valence-electron chi connectivity index (χ4n) is 0.983. The van der Waals surface area contributed by atoms with Crippen LogP contribution in [0.3, 0.4) is 0 Å². The first-order valence-corrected chi connectivity index (χ1v) is 5.62. The quantitative estimate of drug-likeness (QED) is 0.597. The SMILES string of the molecule is CCCCCSC(C)CNC. The summed E-state index contributed by atoms with van der Waals surface area (Å²) < 4.78 is 0. The fraction of sp³-hybridized carbons (Fsp3) is 1.00. The van der Waals surface area contributed by atoms with Crippen molar-refractivity contribution in [3.8, 4) is 0 Å². The maximum Gasteiger partial charge on any atom is 0.0144 e. The summed E-state index contributed by atoms with van der Waals surface area (Å²) in [5, 5.41) is 3.96. The molecule has 1 unspecified atom stereocenters. The van der Waals surface area contributed by atoms with E-state index in [0.717, 1.165) is 11.8 Å².